The first-order chi connectivity index (χ1) is 9.81. The maximum atomic E-state index is 10.4. The summed E-state index contributed by atoms with van der Waals surface area (Å²) in [7, 11) is 0. The van der Waals surface area contributed by atoms with E-state index in [1.54, 1.807) is 11.8 Å². The fourth-order valence-corrected chi connectivity index (χ4v) is 3.77. The Morgan fingerprint density at radius 2 is 2.15 bits per heavy atom. The van der Waals surface area contributed by atoms with Gasteiger partial charge in [0.25, 0.3) is 0 Å². The minimum atomic E-state index is -0.260. The molecule has 2 unspecified atom stereocenters. The summed E-state index contributed by atoms with van der Waals surface area (Å²) < 4.78 is 2.24. The van der Waals surface area contributed by atoms with Gasteiger partial charge < -0.3 is 9.67 Å². The van der Waals surface area contributed by atoms with Gasteiger partial charge in [0, 0.05) is 5.75 Å². The summed E-state index contributed by atoms with van der Waals surface area (Å²) in [5.74, 6) is 0.839. The van der Waals surface area contributed by atoms with Crippen molar-refractivity contribution in [2.24, 2.45) is 0 Å². The van der Waals surface area contributed by atoms with Gasteiger partial charge in [0.2, 0.25) is 0 Å². The molecule has 1 fully saturated rings. The van der Waals surface area contributed by atoms with Gasteiger partial charge in [0.05, 0.1) is 23.2 Å². The van der Waals surface area contributed by atoms with Gasteiger partial charge >= 0.3 is 0 Å². The van der Waals surface area contributed by atoms with Crippen LogP contribution in [0.2, 0.25) is 0 Å². The number of nitrogens with zero attached hydrogens (tertiary/aromatic N) is 2. The Hall–Kier alpha value is -1.26. The zero-order valence-corrected chi connectivity index (χ0v) is 12.4. The molecule has 3 rings (SSSR count). The zero-order valence-electron chi connectivity index (χ0n) is 11.5. The summed E-state index contributed by atoms with van der Waals surface area (Å²) in [6.07, 6.45) is 5.86. The third kappa shape index (κ3) is 2.50. The van der Waals surface area contributed by atoms with Crippen molar-refractivity contribution in [1.29, 1.82) is 0 Å². The number of imidazole rings is 1. The topological polar surface area (TPSA) is 38.0 Å². The van der Waals surface area contributed by atoms with E-state index in [4.69, 9.17) is 4.98 Å². The summed E-state index contributed by atoms with van der Waals surface area (Å²) in [5.41, 5.74) is 2.14. The van der Waals surface area contributed by atoms with Gasteiger partial charge in [0.15, 0.2) is 5.16 Å². The van der Waals surface area contributed by atoms with Gasteiger partial charge in [-0.15, -0.1) is 6.58 Å². The number of aliphatic hydroxyl groups excluding tert-OH is 1. The van der Waals surface area contributed by atoms with Gasteiger partial charge in [-0.25, -0.2) is 4.98 Å². The molecule has 0 radical (unpaired) electrons. The zero-order chi connectivity index (χ0) is 13.9. The van der Waals surface area contributed by atoms with Crippen LogP contribution >= 0.6 is 11.8 Å². The van der Waals surface area contributed by atoms with Gasteiger partial charge in [-0.05, 0) is 25.0 Å². The van der Waals surface area contributed by atoms with E-state index in [2.05, 4.69) is 17.2 Å². The SMILES string of the molecule is C=CCSc1nc2ccccc2n1C1CCCCC1O. The monoisotopic (exact) mass is 288 g/mol. The summed E-state index contributed by atoms with van der Waals surface area (Å²) in [5, 5.41) is 11.4. The lowest BCUT2D eigenvalue weighted by Crippen LogP contribution is -2.28. The van der Waals surface area contributed by atoms with E-state index in [-0.39, 0.29) is 12.1 Å². The van der Waals surface area contributed by atoms with Crippen molar-refractivity contribution < 1.29 is 5.11 Å². The van der Waals surface area contributed by atoms with Crippen LogP contribution in [0.25, 0.3) is 11.0 Å². The van der Waals surface area contributed by atoms with Crippen LogP contribution in [0.1, 0.15) is 31.7 Å². The highest BCUT2D eigenvalue weighted by molar-refractivity contribution is 7.99. The van der Waals surface area contributed by atoms with E-state index in [0.717, 1.165) is 41.2 Å². The molecule has 0 amide bonds. The quantitative estimate of drug-likeness (QED) is 0.687. The van der Waals surface area contributed by atoms with Crippen molar-refractivity contribution in [2.75, 3.05) is 5.75 Å². The Morgan fingerprint density at radius 1 is 1.35 bits per heavy atom. The minimum absolute atomic E-state index is 0.156. The van der Waals surface area contributed by atoms with Gasteiger partial charge in [0.1, 0.15) is 0 Å². The third-order valence-corrected chi connectivity index (χ3v) is 4.87. The minimum Gasteiger partial charge on any atom is -0.391 e. The van der Waals surface area contributed by atoms with Gasteiger partial charge in [-0.2, -0.15) is 0 Å². The van der Waals surface area contributed by atoms with Crippen molar-refractivity contribution in [2.45, 2.75) is 43.0 Å². The van der Waals surface area contributed by atoms with Crippen molar-refractivity contribution >= 4 is 22.8 Å². The first-order valence-corrected chi connectivity index (χ1v) is 8.18. The molecule has 1 aromatic carbocycles. The lowest BCUT2D eigenvalue weighted by Gasteiger charge is -2.30. The molecule has 20 heavy (non-hydrogen) atoms. The number of para-hydroxylation sites is 2. The predicted octanol–water partition coefficient (Wildman–Crippen LogP) is 3.79. The molecule has 0 aliphatic heterocycles. The van der Waals surface area contributed by atoms with Crippen LogP contribution in [-0.4, -0.2) is 26.5 Å². The highest BCUT2D eigenvalue weighted by Gasteiger charge is 2.28. The van der Waals surface area contributed by atoms with Crippen molar-refractivity contribution in [3.8, 4) is 0 Å². The fourth-order valence-electron chi connectivity index (χ4n) is 2.97. The van der Waals surface area contributed by atoms with E-state index in [1.807, 2.05) is 24.3 Å². The number of thioether (sulfide) groups is 1. The van der Waals surface area contributed by atoms with Crippen molar-refractivity contribution in [1.82, 2.24) is 9.55 Å². The Kier molecular flexibility index (Phi) is 4.13. The molecule has 1 saturated carbocycles. The van der Waals surface area contributed by atoms with Crippen LogP contribution in [0.5, 0.6) is 0 Å². The molecule has 1 heterocycles. The second kappa shape index (κ2) is 6.02. The molecular formula is C16H20N2OS. The molecule has 1 N–H and O–H groups in total. The predicted molar refractivity (Wildman–Crippen MR) is 84.2 cm³/mol. The lowest BCUT2D eigenvalue weighted by molar-refractivity contribution is 0.0734. The molecule has 4 heteroatoms. The van der Waals surface area contributed by atoms with E-state index >= 15 is 0 Å². The number of fused-ring (bicyclic) bond motifs is 1. The Bertz CT molecular complexity index is 608. The van der Waals surface area contributed by atoms with Gasteiger partial charge in [-0.1, -0.05) is 42.8 Å². The smallest absolute Gasteiger partial charge is 0.169 e. The number of benzene rings is 1. The number of hydrogen-bond acceptors (Lipinski definition) is 3. The van der Waals surface area contributed by atoms with Crippen LogP contribution in [0.3, 0.4) is 0 Å². The average molecular weight is 288 g/mol. The molecular weight excluding hydrogens is 268 g/mol. The van der Waals surface area contributed by atoms with Crippen molar-refractivity contribution in [3.63, 3.8) is 0 Å². The molecule has 2 aromatic rings. The summed E-state index contributed by atoms with van der Waals surface area (Å²) in [4.78, 5) is 4.73. The highest BCUT2D eigenvalue weighted by Crippen LogP contribution is 2.35. The number of aliphatic hydroxyl groups is 1. The summed E-state index contributed by atoms with van der Waals surface area (Å²) in [6, 6.07) is 8.35. The normalized spacial score (nSPS) is 23.1. The molecule has 1 aliphatic rings. The maximum Gasteiger partial charge on any atom is 0.169 e. The molecule has 1 aliphatic carbocycles. The van der Waals surface area contributed by atoms with E-state index in [0.29, 0.717) is 0 Å². The number of hydrogen-bond donors (Lipinski definition) is 1. The third-order valence-electron chi connectivity index (χ3n) is 3.92. The lowest BCUT2D eigenvalue weighted by atomic mass is 9.92. The van der Waals surface area contributed by atoms with Crippen LogP contribution in [0, 0.1) is 0 Å². The van der Waals surface area contributed by atoms with E-state index < -0.39 is 0 Å². The van der Waals surface area contributed by atoms with Gasteiger partial charge in [-0.3, -0.25) is 0 Å². The standard InChI is InChI=1S/C16H20N2OS/c1-2-11-20-16-17-12-7-3-4-8-13(12)18(16)14-9-5-6-10-15(14)19/h2-4,7-8,14-15,19H,1,5-6,9-11H2. The number of rotatable bonds is 4. The first kappa shape index (κ1) is 13.7. The van der Waals surface area contributed by atoms with Crippen molar-refractivity contribution in [3.05, 3.63) is 36.9 Å². The Balaban J connectivity index is 2.07. The largest absolute Gasteiger partial charge is 0.391 e. The molecule has 2 atom stereocenters. The molecule has 3 nitrogen and oxygen atoms in total. The van der Waals surface area contributed by atoms with E-state index in [9.17, 15) is 5.11 Å². The average Bonchev–Trinajstić information content (AvgIpc) is 2.84. The molecule has 106 valence electrons. The fraction of sp³-hybridized carbons (Fsp3) is 0.438. The van der Waals surface area contributed by atoms with E-state index in [1.165, 1.54) is 6.42 Å². The van der Waals surface area contributed by atoms with Crippen LogP contribution in [-0.2, 0) is 0 Å². The maximum absolute atomic E-state index is 10.4. The second-order valence-corrected chi connectivity index (χ2v) is 6.26. The molecule has 0 spiro atoms. The Morgan fingerprint density at radius 3 is 2.95 bits per heavy atom. The van der Waals surface area contributed by atoms with Crippen LogP contribution in [0.4, 0.5) is 0 Å². The molecule has 1 aromatic heterocycles. The molecule has 0 saturated heterocycles. The summed E-state index contributed by atoms with van der Waals surface area (Å²) in [6.45, 7) is 3.78. The van der Waals surface area contributed by atoms with Crippen LogP contribution < -0.4 is 0 Å². The summed E-state index contributed by atoms with van der Waals surface area (Å²) >= 11 is 1.69. The Labute approximate surface area is 123 Å². The highest BCUT2D eigenvalue weighted by atomic mass is 32.2. The molecule has 0 bridgehead atoms. The number of aromatic nitrogens is 2. The second-order valence-electron chi connectivity index (χ2n) is 5.27. The van der Waals surface area contributed by atoms with Crippen LogP contribution in [0.15, 0.2) is 42.1 Å². The first-order valence-electron chi connectivity index (χ1n) is 7.20.